The standard InChI is InChI=1S/C13H15BrN4O2/c14-6-3-7-15-13(20)16-8-11-9-4-1-2-5-10(9)12(19)18-17-11/h1-2,4-5,11H,3,6-8H2,(H2,15,16,20). The number of urea groups is 1. The number of halogens is 1. The summed E-state index contributed by atoms with van der Waals surface area (Å²) in [5.41, 5.74) is 1.35. The van der Waals surface area contributed by atoms with Crippen LogP contribution < -0.4 is 10.6 Å². The fraction of sp³-hybridized carbons (Fsp3) is 0.385. The minimum atomic E-state index is -0.335. The molecule has 1 aromatic rings. The lowest BCUT2D eigenvalue weighted by molar-refractivity contribution is 0.0985. The van der Waals surface area contributed by atoms with Gasteiger partial charge in [-0.05, 0) is 18.1 Å². The van der Waals surface area contributed by atoms with E-state index in [4.69, 9.17) is 0 Å². The molecule has 6 nitrogen and oxygen atoms in total. The Kier molecular flexibility index (Phi) is 5.23. The van der Waals surface area contributed by atoms with Crippen molar-refractivity contribution in [2.45, 2.75) is 12.5 Å². The van der Waals surface area contributed by atoms with Crippen molar-refractivity contribution in [1.82, 2.24) is 10.6 Å². The monoisotopic (exact) mass is 338 g/mol. The van der Waals surface area contributed by atoms with E-state index >= 15 is 0 Å². The Morgan fingerprint density at radius 1 is 1.30 bits per heavy atom. The molecule has 2 N–H and O–H groups in total. The number of nitrogens with zero attached hydrogens (tertiary/aromatic N) is 2. The molecule has 0 bridgehead atoms. The second-order valence-corrected chi connectivity index (χ2v) is 5.10. The SMILES string of the molecule is O=C(NCCCBr)NCC1N=NC(=O)c2ccccc21. The number of hydrogen-bond acceptors (Lipinski definition) is 3. The van der Waals surface area contributed by atoms with Crippen LogP contribution in [-0.2, 0) is 0 Å². The van der Waals surface area contributed by atoms with Gasteiger partial charge in [0.1, 0.15) is 6.04 Å². The summed E-state index contributed by atoms with van der Waals surface area (Å²) in [5, 5.41) is 13.9. The van der Waals surface area contributed by atoms with E-state index in [9.17, 15) is 9.59 Å². The highest BCUT2D eigenvalue weighted by molar-refractivity contribution is 9.09. The fourth-order valence-electron chi connectivity index (χ4n) is 1.89. The molecule has 1 aliphatic heterocycles. The Bertz CT molecular complexity index is 533. The average molecular weight is 339 g/mol. The van der Waals surface area contributed by atoms with Crippen LogP contribution in [0.5, 0.6) is 0 Å². The van der Waals surface area contributed by atoms with Gasteiger partial charge >= 0.3 is 6.03 Å². The lowest BCUT2D eigenvalue weighted by atomic mass is 9.99. The van der Waals surface area contributed by atoms with E-state index in [0.29, 0.717) is 18.7 Å². The molecule has 1 aromatic carbocycles. The van der Waals surface area contributed by atoms with Gasteiger partial charge in [-0.25, -0.2) is 4.79 Å². The molecule has 0 aliphatic carbocycles. The van der Waals surface area contributed by atoms with Gasteiger partial charge in [-0.3, -0.25) is 4.79 Å². The predicted molar refractivity (Wildman–Crippen MR) is 78.2 cm³/mol. The van der Waals surface area contributed by atoms with Crippen LogP contribution in [0, 0.1) is 0 Å². The highest BCUT2D eigenvalue weighted by atomic mass is 79.9. The molecule has 1 unspecified atom stereocenters. The molecule has 0 fully saturated rings. The van der Waals surface area contributed by atoms with Gasteiger partial charge in [0.25, 0.3) is 5.91 Å². The maximum absolute atomic E-state index is 11.6. The Hall–Kier alpha value is -1.76. The van der Waals surface area contributed by atoms with Crippen molar-refractivity contribution in [3.63, 3.8) is 0 Å². The number of nitrogens with one attached hydrogen (secondary N) is 2. The molecule has 1 heterocycles. The number of alkyl halides is 1. The molecule has 0 spiro atoms. The Morgan fingerprint density at radius 3 is 2.90 bits per heavy atom. The van der Waals surface area contributed by atoms with Crippen LogP contribution in [0.1, 0.15) is 28.4 Å². The van der Waals surface area contributed by atoms with Crippen molar-refractivity contribution >= 4 is 27.9 Å². The van der Waals surface area contributed by atoms with E-state index in [1.807, 2.05) is 12.1 Å². The van der Waals surface area contributed by atoms with E-state index in [1.165, 1.54) is 0 Å². The Balaban J connectivity index is 1.92. The van der Waals surface area contributed by atoms with Crippen molar-refractivity contribution in [2.24, 2.45) is 10.2 Å². The summed E-state index contributed by atoms with van der Waals surface area (Å²) in [4.78, 5) is 23.1. The zero-order chi connectivity index (χ0) is 14.4. The van der Waals surface area contributed by atoms with Crippen molar-refractivity contribution < 1.29 is 9.59 Å². The van der Waals surface area contributed by atoms with Crippen LogP contribution in [0.3, 0.4) is 0 Å². The van der Waals surface area contributed by atoms with Crippen LogP contribution in [-0.4, -0.2) is 30.4 Å². The number of benzene rings is 1. The van der Waals surface area contributed by atoms with Crippen molar-refractivity contribution in [3.8, 4) is 0 Å². The Labute approximate surface area is 125 Å². The summed E-state index contributed by atoms with van der Waals surface area (Å²) in [7, 11) is 0. The van der Waals surface area contributed by atoms with Gasteiger partial charge in [0.05, 0.1) is 0 Å². The van der Waals surface area contributed by atoms with E-state index in [1.54, 1.807) is 12.1 Å². The average Bonchev–Trinajstić information content (AvgIpc) is 2.47. The lowest BCUT2D eigenvalue weighted by Gasteiger charge is -2.18. The minimum absolute atomic E-state index is 0.240. The van der Waals surface area contributed by atoms with E-state index in [-0.39, 0.29) is 18.0 Å². The van der Waals surface area contributed by atoms with Gasteiger partial charge < -0.3 is 10.6 Å². The molecule has 0 radical (unpaired) electrons. The number of rotatable bonds is 5. The molecule has 0 saturated carbocycles. The van der Waals surface area contributed by atoms with Crippen LogP contribution in [0.2, 0.25) is 0 Å². The van der Waals surface area contributed by atoms with E-state index in [2.05, 4.69) is 36.8 Å². The molecule has 0 aromatic heterocycles. The van der Waals surface area contributed by atoms with Crippen LogP contribution in [0.25, 0.3) is 0 Å². The molecule has 20 heavy (non-hydrogen) atoms. The molecule has 1 aliphatic rings. The van der Waals surface area contributed by atoms with Gasteiger partial charge in [-0.15, -0.1) is 5.11 Å². The molecule has 7 heteroatoms. The van der Waals surface area contributed by atoms with E-state index < -0.39 is 0 Å². The van der Waals surface area contributed by atoms with Crippen LogP contribution in [0.15, 0.2) is 34.5 Å². The van der Waals surface area contributed by atoms with E-state index in [0.717, 1.165) is 17.3 Å². The van der Waals surface area contributed by atoms with Gasteiger partial charge in [-0.2, -0.15) is 5.11 Å². The number of carbonyl (C=O) groups excluding carboxylic acids is 2. The largest absolute Gasteiger partial charge is 0.338 e. The summed E-state index contributed by atoms with van der Waals surface area (Å²) in [6.07, 6.45) is 0.869. The second kappa shape index (κ2) is 7.14. The highest BCUT2D eigenvalue weighted by Crippen LogP contribution is 2.26. The van der Waals surface area contributed by atoms with Gasteiger partial charge in [0.2, 0.25) is 0 Å². The topological polar surface area (TPSA) is 82.9 Å². The zero-order valence-electron chi connectivity index (χ0n) is 10.8. The summed E-state index contributed by atoms with van der Waals surface area (Å²) in [5.74, 6) is -0.335. The normalized spacial score (nSPS) is 16.6. The van der Waals surface area contributed by atoms with Crippen molar-refractivity contribution in [3.05, 3.63) is 35.4 Å². The first-order chi connectivity index (χ1) is 9.72. The summed E-state index contributed by atoms with van der Waals surface area (Å²) in [6.45, 7) is 0.923. The molecular formula is C13H15BrN4O2. The quantitative estimate of drug-likeness (QED) is 0.638. The number of fused-ring (bicyclic) bond motifs is 1. The first kappa shape index (κ1) is 14.6. The summed E-state index contributed by atoms with van der Waals surface area (Å²) in [6, 6.07) is 6.63. The number of azo groups is 1. The summed E-state index contributed by atoms with van der Waals surface area (Å²) < 4.78 is 0. The molecule has 106 valence electrons. The smallest absolute Gasteiger partial charge is 0.314 e. The Morgan fingerprint density at radius 2 is 2.10 bits per heavy atom. The third-order valence-electron chi connectivity index (χ3n) is 2.89. The maximum Gasteiger partial charge on any atom is 0.314 e. The third-order valence-corrected chi connectivity index (χ3v) is 3.45. The van der Waals surface area contributed by atoms with Crippen LogP contribution >= 0.6 is 15.9 Å². The lowest BCUT2D eigenvalue weighted by Crippen LogP contribution is -2.38. The molecule has 0 saturated heterocycles. The number of hydrogen-bond donors (Lipinski definition) is 2. The number of carbonyl (C=O) groups is 2. The minimum Gasteiger partial charge on any atom is -0.338 e. The van der Waals surface area contributed by atoms with Crippen molar-refractivity contribution in [1.29, 1.82) is 0 Å². The van der Waals surface area contributed by atoms with Gasteiger partial charge in [0.15, 0.2) is 0 Å². The first-order valence-electron chi connectivity index (χ1n) is 6.34. The number of amides is 3. The first-order valence-corrected chi connectivity index (χ1v) is 7.46. The molecule has 1 atom stereocenters. The maximum atomic E-state index is 11.6. The summed E-state index contributed by atoms with van der Waals surface area (Å²) >= 11 is 3.29. The van der Waals surface area contributed by atoms with Crippen molar-refractivity contribution in [2.75, 3.05) is 18.4 Å². The third kappa shape index (κ3) is 3.63. The van der Waals surface area contributed by atoms with Gasteiger partial charge in [-0.1, -0.05) is 34.1 Å². The van der Waals surface area contributed by atoms with Gasteiger partial charge in [0, 0.05) is 24.0 Å². The molecule has 2 rings (SSSR count). The van der Waals surface area contributed by atoms with Crippen LogP contribution in [0.4, 0.5) is 4.79 Å². The predicted octanol–water partition coefficient (Wildman–Crippen LogP) is 2.42. The molecular weight excluding hydrogens is 324 g/mol. The second-order valence-electron chi connectivity index (χ2n) is 4.30. The fourth-order valence-corrected chi connectivity index (χ4v) is 2.17. The zero-order valence-corrected chi connectivity index (χ0v) is 12.4. The molecule has 3 amide bonds. The highest BCUT2D eigenvalue weighted by Gasteiger charge is 2.23.